The van der Waals surface area contributed by atoms with E-state index in [1.54, 1.807) is 11.8 Å². The van der Waals surface area contributed by atoms with Gasteiger partial charge in [-0.3, -0.25) is 9.69 Å². The molecular formula is C21H23IN2O3S. The molecule has 0 unspecified atom stereocenters. The Morgan fingerprint density at radius 3 is 2.71 bits per heavy atom. The first-order valence-corrected chi connectivity index (χ1v) is 11.3. The maximum absolute atomic E-state index is 12.9. The molecule has 1 aliphatic rings. The topological polar surface area (TPSA) is 58.6 Å². The Balaban J connectivity index is 1.65. The van der Waals surface area contributed by atoms with E-state index in [1.165, 1.54) is 4.90 Å². The maximum Gasteiger partial charge on any atom is 0.411 e. The number of thioether (sulfide) groups is 1. The van der Waals surface area contributed by atoms with E-state index < -0.39 is 12.1 Å². The largest absolute Gasteiger partial charge is 0.445 e. The molecule has 1 aliphatic heterocycles. The van der Waals surface area contributed by atoms with Crippen molar-refractivity contribution in [1.82, 2.24) is 4.90 Å². The van der Waals surface area contributed by atoms with Crippen molar-refractivity contribution in [3.63, 3.8) is 0 Å². The second kappa shape index (κ2) is 9.65. The minimum atomic E-state index is -0.535. The molecule has 1 fully saturated rings. The van der Waals surface area contributed by atoms with E-state index in [0.717, 1.165) is 20.4 Å². The van der Waals surface area contributed by atoms with E-state index in [4.69, 9.17) is 4.74 Å². The van der Waals surface area contributed by atoms with Gasteiger partial charge in [-0.05, 0) is 57.8 Å². The summed E-state index contributed by atoms with van der Waals surface area (Å²) in [5.41, 5.74) is 2.81. The highest BCUT2D eigenvalue weighted by atomic mass is 127. The Morgan fingerprint density at radius 1 is 1.25 bits per heavy atom. The first kappa shape index (κ1) is 21.0. The second-order valence-electron chi connectivity index (χ2n) is 6.90. The van der Waals surface area contributed by atoms with Gasteiger partial charge in [0.25, 0.3) is 0 Å². The summed E-state index contributed by atoms with van der Waals surface area (Å²) < 4.78 is 6.54. The summed E-state index contributed by atoms with van der Waals surface area (Å²) in [4.78, 5) is 26.9. The molecule has 0 aliphatic carbocycles. The first-order valence-electron chi connectivity index (χ1n) is 9.11. The zero-order chi connectivity index (χ0) is 20.1. The van der Waals surface area contributed by atoms with E-state index in [9.17, 15) is 9.59 Å². The standard InChI is InChI=1S/C21H23IN2O3S/c1-14(2)17-10-16(22)8-9-18(17)23-20(25)19-12-28-13-24(19)21(26)27-11-15-6-4-3-5-7-15/h3-10,14,19H,11-13H2,1-2H3,(H,23,25)/t19-/m0/s1. The molecule has 2 aromatic rings. The van der Waals surface area contributed by atoms with Crippen LogP contribution < -0.4 is 5.32 Å². The minimum absolute atomic E-state index is 0.176. The highest BCUT2D eigenvalue weighted by molar-refractivity contribution is 14.1. The Hall–Kier alpha value is -1.74. The fourth-order valence-corrected chi connectivity index (χ4v) is 4.64. The average Bonchev–Trinajstić information content (AvgIpc) is 3.18. The highest BCUT2D eigenvalue weighted by Crippen LogP contribution is 2.28. The van der Waals surface area contributed by atoms with Crippen LogP contribution in [0.5, 0.6) is 0 Å². The van der Waals surface area contributed by atoms with Crippen LogP contribution in [0.4, 0.5) is 10.5 Å². The molecule has 0 saturated carbocycles. The molecule has 0 radical (unpaired) electrons. The molecule has 28 heavy (non-hydrogen) atoms. The zero-order valence-electron chi connectivity index (χ0n) is 15.9. The van der Waals surface area contributed by atoms with Gasteiger partial charge in [-0.25, -0.2) is 4.79 Å². The van der Waals surface area contributed by atoms with Crippen LogP contribution >= 0.6 is 34.4 Å². The lowest BCUT2D eigenvalue weighted by Gasteiger charge is -2.23. The van der Waals surface area contributed by atoms with Crippen LogP contribution in [-0.4, -0.2) is 34.6 Å². The van der Waals surface area contributed by atoms with Crippen LogP contribution in [0, 0.1) is 3.57 Å². The van der Waals surface area contributed by atoms with Crippen molar-refractivity contribution < 1.29 is 14.3 Å². The molecule has 0 aromatic heterocycles. The third-order valence-corrected chi connectivity index (χ3v) is 6.20. The van der Waals surface area contributed by atoms with Crippen molar-refractivity contribution in [2.75, 3.05) is 16.9 Å². The van der Waals surface area contributed by atoms with Crippen LogP contribution in [0.15, 0.2) is 48.5 Å². The molecule has 3 rings (SSSR count). The molecule has 1 atom stereocenters. The van der Waals surface area contributed by atoms with E-state index in [-0.39, 0.29) is 18.4 Å². The number of hydrogen-bond donors (Lipinski definition) is 1. The number of hydrogen-bond acceptors (Lipinski definition) is 4. The van der Waals surface area contributed by atoms with Gasteiger partial charge in [0.15, 0.2) is 0 Å². The number of nitrogens with zero attached hydrogens (tertiary/aromatic N) is 1. The van der Waals surface area contributed by atoms with Gasteiger partial charge in [-0.2, -0.15) is 0 Å². The van der Waals surface area contributed by atoms with Crippen LogP contribution in [0.1, 0.15) is 30.9 Å². The van der Waals surface area contributed by atoms with Crippen molar-refractivity contribution in [3.8, 4) is 0 Å². The molecule has 1 heterocycles. The average molecular weight is 510 g/mol. The van der Waals surface area contributed by atoms with E-state index in [0.29, 0.717) is 11.6 Å². The van der Waals surface area contributed by atoms with Crippen molar-refractivity contribution in [2.45, 2.75) is 32.4 Å². The number of rotatable bonds is 5. The van der Waals surface area contributed by atoms with Crippen LogP contribution in [-0.2, 0) is 16.1 Å². The Kier molecular flexibility index (Phi) is 7.23. The van der Waals surface area contributed by atoms with E-state index >= 15 is 0 Å². The van der Waals surface area contributed by atoms with Crippen LogP contribution in [0.3, 0.4) is 0 Å². The van der Waals surface area contributed by atoms with E-state index in [1.807, 2.05) is 42.5 Å². The van der Waals surface area contributed by atoms with Gasteiger partial charge >= 0.3 is 6.09 Å². The third-order valence-electron chi connectivity index (χ3n) is 4.52. The summed E-state index contributed by atoms with van der Waals surface area (Å²) in [5.74, 6) is 1.13. The lowest BCUT2D eigenvalue weighted by atomic mass is 10.0. The summed E-state index contributed by atoms with van der Waals surface area (Å²) in [7, 11) is 0. The smallest absolute Gasteiger partial charge is 0.411 e. The van der Waals surface area contributed by atoms with Crippen molar-refractivity contribution in [3.05, 3.63) is 63.2 Å². The molecule has 2 aromatic carbocycles. The quantitative estimate of drug-likeness (QED) is 0.572. The molecule has 5 nitrogen and oxygen atoms in total. The van der Waals surface area contributed by atoms with Crippen molar-refractivity contribution >= 4 is 52.0 Å². The minimum Gasteiger partial charge on any atom is -0.445 e. The van der Waals surface area contributed by atoms with Gasteiger partial charge in [0.2, 0.25) is 5.91 Å². The number of nitrogens with one attached hydrogen (secondary N) is 1. The van der Waals surface area contributed by atoms with Crippen molar-refractivity contribution in [1.29, 1.82) is 0 Å². The van der Waals surface area contributed by atoms with Gasteiger partial charge in [-0.1, -0.05) is 44.2 Å². The van der Waals surface area contributed by atoms with Gasteiger partial charge < -0.3 is 10.1 Å². The lowest BCUT2D eigenvalue weighted by molar-refractivity contribution is -0.119. The fraction of sp³-hybridized carbons (Fsp3) is 0.333. The lowest BCUT2D eigenvalue weighted by Crippen LogP contribution is -2.44. The third kappa shape index (κ3) is 5.20. The molecule has 0 spiro atoms. The first-order chi connectivity index (χ1) is 13.5. The zero-order valence-corrected chi connectivity index (χ0v) is 18.8. The maximum atomic E-state index is 12.9. The normalized spacial score (nSPS) is 16.3. The van der Waals surface area contributed by atoms with Crippen molar-refractivity contribution in [2.24, 2.45) is 0 Å². The Bertz CT molecular complexity index is 845. The van der Waals surface area contributed by atoms with Crippen LogP contribution in [0.2, 0.25) is 0 Å². The molecular weight excluding hydrogens is 487 g/mol. The van der Waals surface area contributed by atoms with E-state index in [2.05, 4.69) is 47.8 Å². The van der Waals surface area contributed by atoms with Gasteiger partial charge in [0, 0.05) is 15.0 Å². The van der Waals surface area contributed by atoms with Crippen LogP contribution in [0.25, 0.3) is 0 Å². The Labute approximate surface area is 183 Å². The summed E-state index contributed by atoms with van der Waals surface area (Å²) in [5, 5.41) is 3.01. The molecule has 7 heteroatoms. The fourth-order valence-electron chi connectivity index (χ4n) is 2.98. The number of benzene rings is 2. The SMILES string of the molecule is CC(C)c1cc(I)ccc1NC(=O)[C@@H]1CSCN1C(=O)OCc1ccccc1. The number of halogens is 1. The Morgan fingerprint density at radius 2 is 2.00 bits per heavy atom. The number of ether oxygens (including phenoxy) is 1. The number of carbonyl (C=O) groups excluding carboxylic acids is 2. The summed E-state index contributed by atoms with van der Waals surface area (Å²) >= 11 is 3.82. The highest BCUT2D eigenvalue weighted by Gasteiger charge is 2.36. The molecule has 2 amide bonds. The predicted octanol–water partition coefficient (Wildman–Crippen LogP) is 5.06. The molecule has 1 N–H and O–H groups in total. The summed E-state index contributed by atoms with van der Waals surface area (Å²) in [6, 6.07) is 15.0. The van der Waals surface area contributed by atoms with Gasteiger partial charge in [0.05, 0.1) is 5.88 Å². The molecule has 1 saturated heterocycles. The number of anilines is 1. The monoisotopic (exact) mass is 510 g/mol. The number of carbonyl (C=O) groups is 2. The molecule has 148 valence electrons. The predicted molar refractivity (Wildman–Crippen MR) is 121 cm³/mol. The second-order valence-corrected chi connectivity index (χ2v) is 9.15. The molecule has 0 bridgehead atoms. The number of amides is 2. The van der Waals surface area contributed by atoms with Gasteiger partial charge in [0.1, 0.15) is 12.6 Å². The summed E-state index contributed by atoms with van der Waals surface area (Å²) in [6.07, 6.45) is -0.458. The summed E-state index contributed by atoms with van der Waals surface area (Å²) in [6.45, 7) is 4.39. The van der Waals surface area contributed by atoms with Gasteiger partial charge in [-0.15, -0.1) is 11.8 Å².